The van der Waals surface area contributed by atoms with Gasteiger partial charge >= 0.3 is 0 Å². The Balaban J connectivity index is 1.73. The minimum atomic E-state index is -0.540. The molecule has 2 aromatic rings. The molecule has 0 aromatic heterocycles. The molecule has 0 radical (unpaired) electrons. The fourth-order valence-electron chi connectivity index (χ4n) is 3.16. The highest BCUT2D eigenvalue weighted by Gasteiger charge is 2.38. The Morgan fingerprint density at radius 1 is 0.920 bits per heavy atom. The van der Waals surface area contributed by atoms with Crippen molar-refractivity contribution in [1.82, 2.24) is 0 Å². The zero-order valence-electron chi connectivity index (χ0n) is 14.6. The minimum Gasteiger partial charge on any atom is -0.392 e. The molecule has 0 bridgehead atoms. The fourth-order valence-corrected chi connectivity index (χ4v) is 5.59. The molecule has 25 heavy (non-hydrogen) atoms. The van der Waals surface area contributed by atoms with E-state index in [4.69, 9.17) is 0 Å². The van der Waals surface area contributed by atoms with E-state index in [1.807, 2.05) is 31.2 Å². The van der Waals surface area contributed by atoms with Gasteiger partial charge in [0.2, 0.25) is 0 Å². The van der Waals surface area contributed by atoms with Gasteiger partial charge in [-0.05, 0) is 57.4 Å². The lowest BCUT2D eigenvalue weighted by molar-refractivity contribution is -0.118. The van der Waals surface area contributed by atoms with Crippen LogP contribution in [0, 0.1) is 19.8 Å². The maximum atomic E-state index is 12.9. The molecule has 1 fully saturated rings. The second kappa shape index (κ2) is 8.43. The van der Waals surface area contributed by atoms with E-state index in [-0.39, 0.29) is 16.3 Å². The van der Waals surface area contributed by atoms with Crippen molar-refractivity contribution in [3.05, 3.63) is 59.7 Å². The van der Waals surface area contributed by atoms with Gasteiger partial charge in [0.15, 0.2) is 5.12 Å². The van der Waals surface area contributed by atoms with Crippen molar-refractivity contribution in [3.8, 4) is 0 Å². The van der Waals surface area contributed by atoms with Crippen LogP contribution in [-0.2, 0) is 4.79 Å². The van der Waals surface area contributed by atoms with Crippen LogP contribution in [0.4, 0.5) is 0 Å². The van der Waals surface area contributed by atoms with Crippen LogP contribution in [-0.4, -0.2) is 21.6 Å². The topological polar surface area (TPSA) is 37.3 Å². The average molecular weight is 373 g/mol. The molecule has 2 nitrogen and oxygen atoms in total. The van der Waals surface area contributed by atoms with Crippen LogP contribution >= 0.6 is 23.5 Å². The molecule has 0 heterocycles. The molecule has 4 heteroatoms. The van der Waals surface area contributed by atoms with Crippen LogP contribution in [0.5, 0.6) is 0 Å². The molecule has 3 atom stereocenters. The van der Waals surface area contributed by atoms with E-state index in [1.54, 1.807) is 11.8 Å². The summed E-state index contributed by atoms with van der Waals surface area (Å²) in [6.45, 7) is 4.11. The third-order valence-corrected chi connectivity index (χ3v) is 6.98. The maximum Gasteiger partial charge on any atom is 0.200 e. The van der Waals surface area contributed by atoms with Crippen molar-refractivity contribution in [1.29, 1.82) is 0 Å². The first kappa shape index (κ1) is 18.6. The first-order valence-electron chi connectivity index (χ1n) is 8.72. The smallest absolute Gasteiger partial charge is 0.200 e. The van der Waals surface area contributed by atoms with Gasteiger partial charge in [-0.1, -0.05) is 47.2 Å². The number of carbonyl (C=O) groups is 1. The predicted octanol–water partition coefficient (Wildman–Crippen LogP) is 5.24. The molecule has 0 unspecified atom stereocenters. The van der Waals surface area contributed by atoms with Crippen molar-refractivity contribution in [3.63, 3.8) is 0 Å². The number of aliphatic hydroxyl groups excluding tert-OH is 1. The molecule has 1 N–H and O–H groups in total. The molecule has 132 valence electrons. The van der Waals surface area contributed by atoms with Crippen LogP contribution in [0.2, 0.25) is 0 Å². The van der Waals surface area contributed by atoms with Crippen molar-refractivity contribution >= 4 is 28.6 Å². The summed E-state index contributed by atoms with van der Waals surface area (Å²) in [5.74, 6) is -0.314. The molecule has 0 spiro atoms. The molecule has 1 aliphatic rings. The number of rotatable bonds is 4. The van der Waals surface area contributed by atoms with E-state index in [0.29, 0.717) is 0 Å². The lowest BCUT2D eigenvalue weighted by atomic mass is 9.87. The Bertz CT molecular complexity index is 710. The first-order chi connectivity index (χ1) is 12.0. The second-order valence-corrected chi connectivity index (χ2v) is 9.12. The summed E-state index contributed by atoms with van der Waals surface area (Å²) in [6, 6.07) is 16.4. The second-order valence-electron chi connectivity index (χ2n) is 6.73. The summed E-state index contributed by atoms with van der Waals surface area (Å²) in [4.78, 5) is 15.0. The van der Waals surface area contributed by atoms with Crippen molar-refractivity contribution in [2.24, 2.45) is 5.92 Å². The van der Waals surface area contributed by atoms with Gasteiger partial charge in [-0.3, -0.25) is 4.79 Å². The van der Waals surface area contributed by atoms with Crippen LogP contribution in [0.1, 0.15) is 30.4 Å². The maximum absolute atomic E-state index is 12.9. The van der Waals surface area contributed by atoms with Crippen LogP contribution in [0.25, 0.3) is 0 Å². The number of benzene rings is 2. The van der Waals surface area contributed by atoms with E-state index in [1.165, 1.54) is 27.8 Å². The van der Waals surface area contributed by atoms with Gasteiger partial charge in [-0.15, -0.1) is 11.8 Å². The Hall–Kier alpha value is -1.23. The van der Waals surface area contributed by atoms with E-state index < -0.39 is 6.10 Å². The molecule has 0 saturated heterocycles. The molecule has 2 aromatic carbocycles. The van der Waals surface area contributed by atoms with Gasteiger partial charge in [-0.2, -0.15) is 0 Å². The monoisotopic (exact) mass is 372 g/mol. The van der Waals surface area contributed by atoms with Crippen LogP contribution < -0.4 is 0 Å². The Labute approximate surface area is 158 Å². The summed E-state index contributed by atoms with van der Waals surface area (Å²) in [5.41, 5.74) is 2.41. The lowest BCUT2D eigenvalue weighted by Gasteiger charge is -2.33. The highest BCUT2D eigenvalue weighted by molar-refractivity contribution is 8.13. The van der Waals surface area contributed by atoms with Gasteiger partial charge < -0.3 is 5.11 Å². The number of aryl methyl sites for hydroxylation is 2. The lowest BCUT2D eigenvalue weighted by Crippen LogP contribution is -2.38. The fraction of sp³-hybridized carbons (Fsp3) is 0.381. The zero-order valence-corrected chi connectivity index (χ0v) is 16.3. The molecule has 1 saturated carbocycles. The third-order valence-electron chi connectivity index (χ3n) is 4.62. The van der Waals surface area contributed by atoms with E-state index in [0.717, 1.165) is 24.2 Å². The normalized spacial score (nSPS) is 23.4. The Morgan fingerprint density at radius 2 is 1.48 bits per heavy atom. The van der Waals surface area contributed by atoms with Crippen LogP contribution in [0.3, 0.4) is 0 Å². The minimum absolute atomic E-state index is 0.0839. The molecule has 1 aliphatic carbocycles. The number of thioether (sulfide) groups is 2. The van der Waals surface area contributed by atoms with Crippen molar-refractivity contribution < 1.29 is 9.90 Å². The largest absolute Gasteiger partial charge is 0.392 e. The molecule has 0 amide bonds. The van der Waals surface area contributed by atoms with E-state index >= 15 is 0 Å². The highest BCUT2D eigenvalue weighted by Crippen LogP contribution is 2.41. The summed E-state index contributed by atoms with van der Waals surface area (Å²) in [5, 5.41) is 10.7. The van der Waals surface area contributed by atoms with Gasteiger partial charge in [0.25, 0.3) is 0 Å². The third kappa shape index (κ3) is 4.90. The SMILES string of the molecule is Cc1ccc(SC(=O)[C@@H]2[C@H](O)CCC[C@@H]2Sc2ccc(C)cc2)cc1. The highest BCUT2D eigenvalue weighted by atomic mass is 32.2. The Morgan fingerprint density at radius 3 is 2.08 bits per heavy atom. The molecular formula is C21H24O2S2. The van der Waals surface area contributed by atoms with Crippen LogP contribution in [0.15, 0.2) is 58.3 Å². The van der Waals surface area contributed by atoms with Crippen molar-refractivity contribution in [2.75, 3.05) is 0 Å². The molecule has 0 aliphatic heterocycles. The van der Waals surface area contributed by atoms with E-state index in [2.05, 4.69) is 31.2 Å². The number of carbonyl (C=O) groups excluding carboxylic acids is 1. The summed E-state index contributed by atoms with van der Waals surface area (Å²) in [6.07, 6.45) is 2.13. The van der Waals surface area contributed by atoms with E-state index in [9.17, 15) is 9.90 Å². The summed E-state index contributed by atoms with van der Waals surface area (Å²) < 4.78 is 0. The van der Waals surface area contributed by atoms with Crippen molar-refractivity contribution in [2.45, 2.75) is 54.3 Å². The van der Waals surface area contributed by atoms with Gasteiger partial charge in [0.05, 0.1) is 12.0 Å². The predicted molar refractivity (Wildman–Crippen MR) is 106 cm³/mol. The molecular weight excluding hydrogens is 348 g/mol. The molecule has 3 rings (SSSR count). The quantitative estimate of drug-likeness (QED) is 0.744. The zero-order chi connectivity index (χ0) is 17.8. The number of hydrogen-bond donors (Lipinski definition) is 1. The number of aliphatic hydroxyl groups is 1. The summed E-state index contributed by atoms with van der Waals surface area (Å²) >= 11 is 3.00. The Kier molecular flexibility index (Phi) is 6.26. The van der Waals surface area contributed by atoms with Gasteiger partial charge in [0.1, 0.15) is 0 Å². The standard InChI is InChI=1S/C21H24O2S2/c1-14-6-10-16(11-7-14)24-19-5-3-4-18(22)20(19)21(23)25-17-12-8-15(2)9-13-17/h6-13,18-20,22H,3-5H2,1-2H3/t18-,19+,20-/m1/s1. The number of hydrogen-bond acceptors (Lipinski definition) is 4. The average Bonchev–Trinajstić information content (AvgIpc) is 2.59. The first-order valence-corrected chi connectivity index (χ1v) is 10.4. The summed E-state index contributed by atoms with van der Waals surface area (Å²) in [7, 11) is 0. The van der Waals surface area contributed by atoms with Gasteiger partial charge in [0, 0.05) is 15.0 Å². The van der Waals surface area contributed by atoms with Gasteiger partial charge in [-0.25, -0.2) is 0 Å².